The first-order valence-corrected chi connectivity index (χ1v) is 9.35. The summed E-state index contributed by atoms with van der Waals surface area (Å²) in [5, 5.41) is 6.93. The van der Waals surface area contributed by atoms with E-state index in [0.29, 0.717) is 6.04 Å². The highest BCUT2D eigenvalue weighted by Crippen LogP contribution is 2.15. The van der Waals surface area contributed by atoms with Gasteiger partial charge in [-0.1, -0.05) is 31.2 Å². The maximum Gasteiger partial charge on any atom is 0.191 e. The third kappa shape index (κ3) is 4.28. The Morgan fingerprint density at radius 3 is 2.46 bits per heavy atom. The van der Waals surface area contributed by atoms with Crippen molar-refractivity contribution in [3.05, 3.63) is 35.4 Å². The lowest BCUT2D eigenvalue weighted by Crippen LogP contribution is -2.63. The average molecular weight is 329 g/mol. The summed E-state index contributed by atoms with van der Waals surface area (Å²) in [6, 6.07) is 9.21. The minimum Gasteiger partial charge on any atom is -0.357 e. The second-order valence-electron chi connectivity index (χ2n) is 6.69. The van der Waals surface area contributed by atoms with Crippen LogP contribution >= 0.6 is 0 Å². The number of nitrogens with one attached hydrogen (secondary N) is 2. The molecule has 0 aliphatic carbocycles. The second-order valence-corrected chi connectivity index (χ2v) is 6.69. The predicted molar refractivity (Wildman–Crippen MR) is 100 cm³/mol. The average Bonchev–Trinajstić information content (AvgIpc) is 2.65. The van der Waals surface area contributed by atoms with Crippen LogP contribution in [-0.4, -0.2) is 67.6 Å². The monoisotopic (exact) mass is 329 g/mol. The van der Waals surface area contributed by atoms with Gasteiger partial charge in [0.1, 0.15) is 0 Å². The van der Waals surface area contributed by atoms with Gasteiger partial charge in [0, 0.05) is 51.9 Å². The minimum absolute atomic E-state index is 0.610. The first kappa shape index (κ1) is 17.2. The van der Waals surface area contributed by atoms with E-state index < -0.39 is 0 Å². The van der Waals surface area contributed by atoms with Gasteiger partial charge >= 0.3 is 0 Å². The van der Waals surface area contributed by atoms with Crippen LogP contribution < -0.4 is 10.6 Å². The third-order valence-electron chi connectivity index (χ3n) is 5.15. The quantitative estimate of drug-likeness (QED) is 0.610. The van der Waals surface area contributed by atoms with Crippen molar-refractivity contribution in [2.75, 3.05) is 45.8 Å². The zero-order chi connectivity index (χ0) is 16.8. The first-order valence-electron chi connectivity index (χ1n) is 9.35. The van der Waals surface area contributed by atoms with E-state index >= 15 is 0 Å². The zero-order valence-corrected chi connectivity index (χ0v) is 15.1. The SMILES string of the molecule is CCNC(=NCc1ccccc1CC)NCC1CN2CCN1CC2. The molecule has 3 fully saturated rings. The normalized spacial score (nSPS) is 26.4. The maximum atomic E-state index is 4.80. The van der Waals surface area contributed by atoms with Gasteiger partial charge in [0.25, 0.3) is 0 Å². The molecular formula is C19H31N5. The molecule has 3 aliphatic heterocycles. The van der Waals surface area contributed by atoms with Crippen LogP contribution in [0.25, 0.3) is 0 Å². The smallest absolute Gasteiger partial charge is 0.191 e. The fourth-order valence-electron chi connectivity index (χ4n) is 3.70. The Morgan fingerprint density at radius 2 is 1.83 bits per heavy atom. The fourth-order valence-corrected chi connectivity index (χ4v) is 3.70. The van der Waals surface area contributed by atoms with Gasteiger partial charge in [-0.05, 0) is 24.5 Å². The van der Waals surface area contributed by atoms with Crippen LogP contribution in [-0.2, 0) is 13.0 Å². The number of rotatable bonds is 6. The first-order chi connectivity index (χ1) is 11.8. The molecule has 2 N–H and O–H groups in total. The lowest BCUT2D eigenvalue weighted by atomic mass is 10.1. The summed E-state index contributed by atoms with van der Waals surface area (Å²) in [4.78, 5) is 9.99. The lowest BCUT2D eigenvalue weighted by molar-refractivity contribution is 0.0154. The largest absolute Gasteiger partial charge is 0.357 e. The highest BCUT2D eigenvalue weighted by atomic mass is 15.4. The van der Waals surface area contributed by atoms with E-state index in [-0.39, 0.29) is 0 Å². The van der Waals surface area contributed by atoms with Crippen LogP contribution in [0.4, 0.5) is 0 Å². The number of aryl methyl sites for hydroxylation is 1. The van der Waals surface area contributed by atoms with Crippen LogP contribution in [0.1, 0.15) is 25.0 Å². The molecule has 4 rings (SSSR count). The van der Waals surface area contributed by atoms with Crippen molar-refractivity contribution in [1.82, 2.24) is 20.4 Å². The molecule has 1 unspecified atom stereocenters. The Balaban J connectivity index is 1.57. The molecule has 5 nitrogen and oxygen atoms in total. The number of aliphatic imine (C=N–C) groups is 1. The summed E-state index contributed by atoms with van der Waals surface area (Å²) in [5.74, 6) is 0.932. The van der Waals surface area contributed by atoms with Crippen LogP contribution in [0.15, 0.2) is 29.3 Å². The van der Waals surface area contributed by atoms with E-state index in [2.05, 4.69) is 58.5 Å². The van der Waals surface area contributed by atoms with Crippen molar-refractivity contribution in [3.63, 3.8) is 0 Å². The number of guanidine groups is 1. The molecule has 3 heterocycles. The number of benzene rings is 1. The van der Waals surface area contributed by atoms with E-state index in [1.165, 1.54) is 43.9 Å². The number of hydrogen-bond acceptors (Lipinski definition) is 3. The van der Waals surface area contributed by atoms with Crippen molar-refractivity contribution in [2.24, 2.45) is 4.99 Å². The van der Waals surface area contributed by atoms with Gasteiger partial charge in [-0.3, -0.25) is 9.80 Å². The molecule has 0 saturated carbocycles. The molecule has 2 bridgehead atoms. The van der Waals surface area contributed by atoms with Crippen molar-refractivity contribution in [3.8, 4) is 0 Å². The van der Waals surface area contributed by atoms with Gasteiger partial charge in [-0.15, -0.1) is 0 Å². The molecule has 1 aromatic carbocycles. The fraction of sp³-hybridized carbons (Fsp3) is 0.632. The maximum absolute atomic E-state index is 4.80. The van der Waals surface area contributed by atoms with Gasteiger partial charge in [-0.2, -0.15) is 0 Å². The summed E-state index contributed by atoms with van der Waals surface area (Å²) >= 11 is 0. The van der Waals surface area contributed by atoms with E-state index in [4.69, 9.17) is 4.99 Å². The van der Waals surface area contributed by atoms with Gasteiger partial charge in [-0.25, -0.2) is 4.99 Å². The number of fused-ring (bicyclic) bond motifs is 3. The van der Waals surface area contributed by atoms with Crippen molar-refractivity contribution < 1.29 is 0 Å². The summed E-state index contributed by atoms with van der Waals surface area (Å²) in [6.45, 7) is 13.0. The van der Waals surface area contributed by atoms with Crippen LogP contribution in [0.3, 0.4) is 0 Å². The second kappa shape index (κ2) is 8.49. The summed E-state index contributed by atoms with van der Waals surface area (Å²) < 4.78 is 0. The number of nitrogens with zero attached hydrogens (tertiary/aromatic N) is 3. The minimum atomic E-state index is 0.610. The van der Waals surface area contributed by atoms with Crippen LogP contribution in [0, 0.1) is 0 Å². The highest BCUT2D eigenvalue weighted by Gasteiger charge is 2.31. The Kier molecular flexibility index (Phi) is 6.10. The Labute approximate surface area is 146 Å². The van der Waals surface area contributed by atoms with E-state index in [1.807, 2.05) is 0 Å². The molecule has 24 heavy (non-hydrogen) atoms. The predicted octanol–water partition coefficient (Wildman–Crippen LogP) is 1.30. The van der Waals surface area contributed by atoms with Gasteiger partial charge < -0.3 is 10.6 Å². The van der Waals surface area contributed by atoms with Crippen molar-refractivity contribution in [1.29, 1.82) is 0 Å². The Hall–Kier alpha value is -1.59. The highest BCUT2D eigenvalue weighted by molar-refractivity contribution is 5.79. The van der Waals surface area contributed by atoms with E-state index in [9.17, 15) is 0 Å². The third-order valence-corrected chi connectivity index (χ3v) is 5.15. The summed E-state index contributed by atoms with van der Waals surface area (Å²) in [7, 11) is 0. The summed E-state index contributed by atoms with van der Waals surface area (Å²) in [5.41, 5.74) is 2.71. The molecule has 0 spiro atoms. The molecule has 3 saturated heterocycles. The van der Waals surface area contributed by atoms with E-state index in [1.54, 1.807) is 0 Å². The van der Waals surface area contributed by atoms with Gasteiger partial charge in [0.2, 0.25) is 0 Å². The number of piperazine rings is 3. The molecule has 1 aromatic rings. The Bertz CT molecular complexity index is 548. The molecule has 0 radical (unpaired) electrons. The number of hydrogen-bond donors (Lipinski definition) is 2. The van der Waals surface area contributed by atoms with Crippen LogP contribution in [0.2, 0.25) is 0 Å². The van der Waals surface area contributed by atoms with Crippen molar-refractivity contribution >= 4 is 5.96 Å². The zero-order valence-electron chi connectivity index (χ0n) is 15.1. The lowest BCUT2D eigenvalue weighted by Gasteiger charge is -2.47. The van der Waals surface area contributed by atoms with E-state index in [0.717, 1.165) is 32.0 Å². The standard InChI is InChI=1S/C19H31N5/c1-3-16-7-5-6-8-17(16)13-21-19(20-4-2)22-14-18-15-23-9-11-24(18)12-10-23/h5-8,18H,3-4,9-15H2,1-2H3,(H2,20,21,22). The topological polar surface area (TPSA) is 42.9 Å². The summed E-state index contributed by atoms with van der Waals surface area (Å²) in [6.07, 6.45) is 1.06. The van der Waals surface area contributed by atoms with Crippen molar-refractivity contribution in [2.45, 2.75) is 32.9 Å². The molecule has 5 heteroatoms. The molecular weight excluding hydrogens is 298 g/mol. The van der Waals surface area contributed by atoms with Gasteiger partial charge in [0.05, 0.1) is 6.54 Å². The van der Waals surface area contributed by atoms with Crippen LogP contribution in [0.5, 0.6) is 0 Å². The molecule has 0 aromatic heterocycles. The molecule has 0 amide bonds. The Morgan fingerprint density at radius 1 is 1.08 bits per heavy atom. The molecule has 132 valence electrons. The molecule has 3 aliphatic rings. The van der Waals surface area contributed by atoms with Gasteiger partial charge in [0.15, 0.2) is 5.96 Å². The molecule has 1 atom stereocenters.